The van der Waals surface area contributed by atoms with Gasteiger partial charge in [-0.05, 0) is 97.1 Å². The van der Waals surface area contributed by atoms with Crippen LogP contribution in [0.2, 0.25) is 0 Å². The van der Waals surface area contributed by atoms with Crippen molar-refractivity contribution in [2.45, 2.75) is 152 Å². The van der Waals surface area contributed by atoms with Crippen LogP contribution in [0.25, 0.3) is 0 Å². The fourth-order valence-corrected chi connectivity index (χ4v) is 14.2. The second-order valence-corrected chi connectivity index (χ2v) is 22.8. The number of fused-ring (bicyclic) bond motifs is 4. The highest BCUT2D eigenvalue weighted by atomic mass is 32.2. The Labute approximate surface area is 398 Å². The SMILES string of the molecule is CN[C@@H](C)C(=O)N[C@H]1CCS[C@H]2CC(C)(C)[C@@H](C(=O)N[C@H]3c4ccccc4CC3OCCCOCCCO[C@@H]3Cc4ccccc4[C@@H]3NC(=O)C3N4C(=O)CCCS[C@H]4CC3(C)C)N2C1=O. The van der Waals surface area contributed by atoms with Crippen molar-refractivity contribution in [2.75, 3.05) is 45.0 Å². The number of benzene rings is 2. The molecule has 0 radical (unpaired) electrons. The van der Waals surface area contributed by atoms with E-state index in [0.717, 1.165) is 35.3 Å². The van der Waals surface area contributed by atoms with Crippen molar-refractivity contribution in [2.24, 2.45) is 10.8 Å². The molecule has 6 aliphatic rings. The average molecular weight is 947 g/mol. The van der Waals surface area contributed by atoms with Crippen molar-refractivity contribution in [1.82, 2.24) is 31.1 Å². The molecule has 14 nitrogen and oxygen atoms in total. The van der Waals surface area contributed by atoms with Crippen LogP contribution < -0.4 is 21.3 Å². The third kappa shape index (κ3) is 10.3. The maximum absolute atomic E-state index is 14.5. The van der Waals surface area contributed by atoms with Crippen molar-refractivity contribution in [1.29, 1.82) is 0 Å². The highest BCUT2D eigenvalue weighted by Crippen LogP contribution is 2.48. The Hall–Kier alpha value is -3.67. The third-order valence-electron chi connectivity index (χ3n) is 14.6. The summed E-state index contributed by atoms with van der Waals surface area (Å²) in [4.78, 5) is 72.5. The lowest BCUT2D eigenvalue weighted by molar-refractivity contribution is -0.144. The van der Waals surface area contributed by atoms with Crippen molar-refractivity contribution in [3.63, 3.8) is 0 Å². The fourth-order valence-electron chi connectivity index (χ4n) is 11.1. The molecule has 10 atom stereocenters. The van der Waals surface area contributed by atoms with Crippen LogP contribution in [0.3, 0.4) is 0 Å². The van der Waals surface area contributed by atoms with Gasteiger partial charge in [0.1, 0.15) is 18.1 Å². The molecular weight excluding hydrogens is 877 g/mol. The van der Waals surface area contributed by atoms with E-state index in [0.29, 0.717) is 77.1 Å². The molecule has 8 rings (SSSR count). The molecule has 0 bridgehead atoms. The summed E-state index contributed by atoms with van der Waals surface area (Å²) in [5, 5.41) is 12.5. The molecule has 4 heterocycles. The number of hydrogen-bond acceptors (Lipinski definition) is 11. The lowest BCUT2D eigenvalue weighted by atomic mass is 9.83. The van der Waals surface area contributed by atoms with E-state index in [1.807, 2.05) is 35.2 Å². The van der Waals surface area contributed by atoms with E-state index in [9.17, 15) is 24.0 Å². The zero-order valence-electron chi connectivity index (χ0n) is 39.5. The van der Waals surface area contributed by atoms with Crippen molar-refractivity contribution in [3.8, 4) is 0 Å². The van der Waals surface area contributed by atoms with Gasteiger partial charge in [-0.1, -0.05) is 76.2 Å². The lowest BCUT2D eigenvalue weighted by Gasteiger charge is -2.35. The first-order valence-electron chi connectivity index (χ1n) is 24.1. The van der Waals surface area contributed by atoms with Crippen LogP contribution in [0, 0.1) is 10.8 Å². The number of likely N-dealkylation sites (N-methyl/N-ethyl adjacent to an activating group) is 1. The molecule has 2 aromatic rings. The number of thioether (sulfide) groups is 2. The molecule has 2 aromatic carbocycles. The van der Waals surface area contributed by atoms with Gasteiger partial charge in [-0.2, -0.15) is 0 Å². The van der Waals surface area contributed by atoms with Gasteiger partial charge >= 0.3 is 0 Å². The van der Waals surface area contributed by atoms with Gasteiger partial charge in [0.2, 0.25) is 29.5 Å². The van der Waals surface area contributed by atoms with Crippen molar-refractivity contribution >= 4 is 53.1 Å². The average Bonchev–Trinajstić information content (AvgIpc) is 3.92. The topological polar surface area (TPSA) is 168 Å². The molecule has 4 N–H and O–H groups in total. The van der Waals surface area contributed by atoms with Crippen LogP contribution in [0.4, 0.5) is 0 Å². The zero-order chi connectivity index (χ0) is 46.8. The first-order chi connectivity index (χ1) is 31.7. The second-order valence-electron chi connectivity index (χ2n) is 20.3. The summed E-state index contributed by atoms with van der Waals surface area (Å²) in [7, 11) is 1.71. The molecule has 2 unspecified atom stereocenters. The molecule has 16 heteroatoms. The summed E-state index contributed by atoms with van der Waals surface area (Å²) in [6, 6.07) is 13.2. The van der Waals surface area contributed by atoms with Gasteiger partial charge in [-0.3, -0.25) is 24.0 Å². The van der Waals surface area contributed by atoms with E-state index in [2.05, 4.69) is 67.2 Å². The summed E-state index contributed by atoms with van der Waals surface area (Å²) >= 11 is 3.48. The van der Waals surface area contributed by atoms with Crippen molar-refractivity contribution in [3.05, 3.63) is 70.8 Å². The Balaban J connectivity index is 0.808. The third-order valence-corrected chi connectivity index (χ3v) is 17.1. The molecule has 66 heavy (non-hydrogen) atoms. The highest BCUT2D eigenvalue weighted by molar-refractivity contribution is 8.00. The zero-order valence-corrected chi connectivity index (χ0v) is 41.1. The predicted molar refractivity (Wildman–Crippen MR) is 256 cm³/mol. The molecule has 4 aliphatic heterocycles. The van der Waals surface area contributed by atoms with Crippen LogP contribution >= 0.6 is 23.5 Å². The number of nitrogens with zero attached hydrogens (tertiary/aromatic N) is 2. The number of nitrogens with one attached hydrogen (secondary N) is 4. The number of hydrogen-bond donors (Lipinski definition) is 4. The van der Waals surface area contributed by atoms with Gasteiger partial charge in [0.05, 0.1) is 41.1 Å². The number of rotatable bonds is 17. The highest BCUT2D eigenvalue weighted by Gasteiger charge is 2.56. The predicted octanol–water partition coefficient (Wildman–Crippen LogP) is 5.04. The standard InChI is InChI=1S/C50H70N6O8S2/c1-30(51-6)45(58)52-35-19-25-66-40-29-50(4,5)44(56(40)48(35)61)47(60)54-42-34-17-10-8-15-32(34)27-37(42)64-23-13-21-62-20-12-22-63-36-26-31-14-7-9-16-33(31)41(36)53-46(59)43-49(2,3)28-39-55(43)38(57)18-11-24-65-39/h7-10,14-17,30,35-37,39-44,51H,11-13,18-29H2,1-6H3,(H,52,58)(H,53,59)(H,54,60)/t30-,35-,36+,37?,39-,40-,41-,42-,43?,44+/m0/s1. The number of amides is 5. The minimum absolute atomic E-state index is 0.0332. The Morgan fingerprint density at radius 1 is 0.727 bits per heavy atom. The van der Waals surface area contributed by atoms with Gasteiger partial charge in [-0.15, -0.1) is 23.5 Å². The number of carbonyl (C=O) groups is 5. The first kappa shape index (κ1) is 48.8. The van der Waals surface area contributed by atoms with Crippen LogP contribution in [0.15, 0.2) is 48.5 Å². The molecule has 0 aromatic heterocycles. The van der Waals surface area contributed by atoms with Gasteiger partial charge in [0, 0.05) is 45.7 Å². The smallest absolute Gasteiger partial charge is 0.246 e. The van der Waals surface area contributed by atoms with Gasteiger partial charge in [-0.25, -0.2) is 0 Å². The Kier molecular flexibility index (Phi) is 15.5. The second kappa shape index (κ2) is 20.9. The molecule has 5 amide bonds. The molecule has 2 aliphatic carbocycles. The largest absolute Gasteiger partial charge is 0.381 e. The molecule has 0 spiro atoms. The number of ether oxygens (including phenoxy) is 3. The Morgan fingerprint density at radius 2 is 1.24 bits per heavy atom. The van der Waals surface area contributed by atoms with Crippen molar-refractivity contribution < 1.29 is 38.2 Å². The van der Waals surface area contributed by atoms with E-state index in [-0.39, 0.29) is 70.0 Å². The van der Waals surface area contributed by atoms with Crippen LogP contribution in [0.1, 0.15) is 114 Å². The molecule has 360 valence electrons. The Morgan fingerprint density at radius 3 is 1.80 bits per heavy atom. The van der Waals surface area contributed by atoms with Gasteiger partial charge < -0.3 is 45.3 Å². The monoisotopic (exact) mass is 946 g/mol. The lowest BCUT2D eigenvalue weighted by Crippen LogP contribution is -2.58. The summed E-state index contributed by atoms with van der Waals surface area (Å²) < 4.78 is 19.0. The molecule has 4 fully saturated rings. The summed E-state index contributed by atoms with van der Waals surface area (Å²) in [5.74, 6) is 0.966. The van der Waals surface area contributed by atoms with Crippen LogP contribution in [0.5, 0.6) is 0 Å². The molecular formula is C50H70N6O8S2. The summed E-state index contributed by atoms with van der Waals surface area (Å²) in [6.45, 7) is 12.0. The van der Waals surface area contributed by atoms with Crippen LogP contribution in [-0.4, -0.2) is 131 Å². The fraction of sp³-hybridized carbons (Fsp3) is 0.660. The summed E-state index contributed by atoms with van der Waals surface area (Å²) in [6.07, 6.45) is 5.54. The van der Waals surface area contributed by atoms with Crippen LogP contribution in [-0.2, 0) is 51.0 Å². The molecule has 4 saturated heterocycles. The first-order valence-corrected chi connectivity index (χ1v) is 26.2. The quantitative estimate of drug-likeness (QED) is 0.157. The van der Waals surface area contributed by atoms with E-state index in [4.69, 9.17) is 14.2 Å². The number of carbonyl (C=O) groups excluding carboxylic acids is 5. The summed E-state index contributed by atoms with van der Waals surface area (Å²) in [5.41, 5.74) is 3.57. The van der Waals surface area contributed by atoms with Gasteiger partial charge in [0.15, 0.2) is 0 Å². The van der Waals surface area contributed by atoms with E-state index >= 15 is 0 Å². The van der Waals surface area contributed by atoms with E-state index in [1.165, 1.54) is 5.56 Å². The Bertz CT molecular complexity index is 2110. The maximum Gasteiger partial charge on any atom is 0.246 e. The van der Waals surface area contributed by atoms with Gasteiger partial charge in [0.25, 0.3) is 0 Å². The van der Waals surface area contributed by atoms with E-state index < -0.39 is 29.6 Å². The maximum atomic E-state index is 14.5. The molecule has 0 saturated carbocycles. The minimum atomic E-state index is -0.705. The normalized spacial score (nSPS) is 30.1. The minimum Gasteiger partial charge on any atom is -0.381 e. The van der Waals surface area contributed by atoms with E-state index in [1.54, 1.807) is 42.4 Å².